The largest absolute Gasteiger partial charge is 0.456 e. The highest BCUT2D eigenvalue weighted by molar-refractivity contribution is 9.10. The van der Waals surface area contributed by atoms with E-state index in [4.69, 9.17) is 10.5 Å². The van der Waals surface area contributed by atoms with Crippen LogP contribution in [-0.4, -0.2) is 0 Å². The molecule has 2 nitrogen and oxygen atoms in total. The van der Waals surface area contributed by atoms with Crippen molar-refractivity contribution in [1.82, 2.24) is 0 Å². The molecule has 0 radical (unpaired) electrons. The lowest BCUT2D eigenvalue weighted by Gasteiger charge is -2.11. The maximum atomic E-state index is 13.0. The first-order chi connectivity index (χ1) is 8.60. The van der Waals surface area contributed by atoms with Gasteiger partial charge in [-0.05, 0) is 52.3 Å². The summed E-state index contributed by atoms with van der Waals surface area (Å²) in [6.07, 6.45) is 0. The van der Waals surface area contributed by atoms with Crippen molar-refractivity contribution < 1.29 is 13.5 Å². The minimum atomic E-state index is -0.374. The second-order valence-corrected chi connectivity index (χ2v) is 4.49. The van der Waals surface area contributed by atoms with E-state index in [0.717, 1.165) is 0 Å². The Morgan fingerprint density at radius 3 is 2.22 bits per heavy atom. The standard InChI is InChI=1S/C13H10BrF2NO/c14-11-6-10(16)2-4-13(11)18-12-3-1-9(15)5-8(12)7-17/h1-6H,7,17H2. The van der Waals surface area contributed by atoms with Crippen LogP contribution in [0.25, 0.3) is 0 Å². The normalized spacial score (nSPS) is 10.4. The Morgan fingerprint density at radius 1 is 1.00 bits per heavy atom. The number of rotatable bonds is 3. The van der Waals surface area contributed by atoms with Crippen LogP contribution < -0.4 is 10.5 Å². The number of ether oxygens (including phenoxy) is 1. The molecule has 0 heterocycles. The highest BCUT2D eigenvalue weighted by Crippen LogP contribution is 2.32. The molecule has 18 heavy (non-hydrogen) atoms. The maximum Gasteiger partial charge on any atom is 0.141 e. The second kappa shape index (κ2) is 5.46. The minimum Gasteiger partial charge on any atom is -0.456 e. The average Bonchev–Trinajstić information content (AvgIpc) is 2.34. The highest BCUT2D eigenvalue weighted by atomic mass is 79.9. The number of hydrogen-bond donors (Lipinski definition) is 1. The van der Waals surface area contributed by atoms with Crippen LogP contribution in [0, 0.1) is 11.6 Å². The summed E-state index contributed by atoms with van der Waals surface area (Å²) in [6.45, 7) is 0.159. The van der Waals surface area contributed by atoms with Crippen molar-refractivity contribution in [2.24, 2.45) is 5.73 Å². The summed E-state index contributed by atoms with van der Waals surface area (Å²) in [5, 5.41) is 0. The van der Waals surface area contributed by atoms with Gasteiger partial charge in [-0.2, -0.15) is 0 Å². The molecule has 0 aliphatic heterocycles. The predicted molar refractivity (Wildman–Crippen MR) is 68.5 cm³/mol. The minimum absolute atomic E-state index is 0.159. The molecular weight excluding hydrogens is 304 g/mol. The lowest BCUT2D eigenvalue weighted by molar-refractivity contribution is 0.469. The summed E-state index contributed by atoms with van der Waals surface area (Å²) in [7, 11) is 0. The van der Waals surface area contributed by atoms with Crippen LogP contribution in [0.3, 0.4) is 0 Å². The molecule has 2 aromatic rings. The Labute approximate surface area is 112 Å². The first-order valence-electron chi connectivity index (χ1n) is 5.21. The van der Waals surface area contributed by atoms with Gasteiger partial charge in [-0.3, -0.25) is 0 Å². The molecule has 94 valence electrons. The summed E-state index contributed by atoms with van der Waals surface area (Å²) in [5.74, 6) is 0.150. The number of halogens is 3. The topological polar surface area (TPSA) is 35.2 Å². The summed E-state index contributed by atoms with van der Waals surface area (Å²) in [5.41, 5.74) is 6.06. The molecule has 2 aromatic carbocycles. The quantitative estimate of drug-likeness (QED) is 0.930. The third kappa shape index (κ3) is 2.86. The van der Waals surface area contributed by atoms with Gasteiger partial charge in [0.05, 0.1) is 4.47 Å². The average molecular weight is 314 g/mol. The summed E-state index contributed by atoms with van der Waals surface area (Å²) in [4.78, 5) is 0. The highest BCUT2D eigenvalue weighted by Gasteiger charge is 2.08. The Bertz CT molecular complexity index is 575. The van der Waals surface area contributed by atoms with Crippen LogP contribution in [0.4, 0.5) is 8.78 Å². The molecule has 0 saturated heterocycles. The number of hydrogen-bond acceptors (Lipinski definition) is 2. The zero-order valence-electron chi connectivity index (χ0n) is 9.29. The number of benzene rings is 2. The third-order valence-corrected chi connectivity index (χ3v) is 2.98. The molecule has 0 aliphatic carbocycles. The van der Waals surface area contributed by atoms with Crippen molar-refractivity contribution >= 4 is 15.9 Å². The SMILES string of the molecule is NCc1cc(F)ccc1Oc1ccc(F)cc1Br. The Balaban J connectivity index is 2.33. The molecule has 5 heteroatoms. The summed E-state index contributed by atoms with van der Waals surface area (Å²) < 4.78 is 32.0. The van der Waals surface area contributed by atoms with Gasteiger partial charge < -0.3 is 10.5 Å². The zero-order chi connectivity index (χ0) is 13.1. The van der Waals surface area contributed by atoms with E-state index >= 15 is 0 Å². The van der Waals surface area contributed by atoms with E-state index in [9.17, 15) is 8.78 Å². The molecule has 0 aromatic heterocycles. The van der Waals surface area contributed by atoms with Crippen molar-refractivity contribution in [2.75, 3.05) is 0 Å². The lowest BCUT2D eigenvalue weighted by atomic mass is 10.2. The predicted octanol–water partition coefficient (Wildman–Crippen LogP) is 3.98. The Morgan fingerprint density at radius 2 is 1.61 bits per heavy atom. The Hall–Kier alpha value is -1.46. The van der Waals surface area contributed by atoms with Crippen molar-refractivity contribution in [3.05, 3.63) is 58.1 Å². The van der Waals surface area contributed by atoms with E-state index in [2.05, 4.69) is 15.9 Å². The van der Waals surface area contributed by atoms with Gasteiger partial charge in [-0.1, -0.05) is 0 Å². The summed E-state index contributed by atoms with van der Waals surface area (Å²) in [6, 6.07) is 8.15. The Kier molecular flexibility index (Phi) is 3.93. The summed E-state index contributed by atoms with van der Waals surface area (Å²) >= 11 is 3.20. The van der Waals surface area contributed by atoms with Crippen molar-refractivity contribution in [1.29, 1.82) is 0 Å². The molecular formula is C13H10BrF2NO. The molecule has 0 saturated carbocycles. The van der Waals surface area contributed by atoms with E-state index in [1.807, 2.05) is 0 Å². The van der Waals surface area contributed by atoms with Gasteiger partial charge in [0.2, 0.25) is 0 Å². The fourth-order valence-electron chi connectivity index (χ4n) is 1.48. The second-order valence-electron chi connectivity index (χ2n) is 3.63. The van der Waals surface area contributed by atoms with Crippen LogP contribution in [0.2, 0.25) is 0 Å². The van der Waals surface area contributed by atoms with Gasteiger partial charge in [-0.25, -0.2) is 8.78 Å². The van der Waals surface area contributed by atoms with Crippen LogP contribution in [0.5, 0.6) is 11.5 Å². The van der Waals surface area contributed by atoms with Crippen LogP contribution in [0.1, 0.15) is 5.56 Å². The van der Waals surface area contributed by atoms with Crippen molar-refractivity contribution in [2.45, 2.75) is 6.54 Å². The van der Waals surface area contributed by atoms with Gasteiger partial charge in [0.15, 0.2) is 0 Å². The third-order valence-electron chi connectivity index (χ3n) is 2.36. The molecule has 0 atom stereocenters. The first kappa shape index (κ1) is 13.0. The molecule has 0 spiro atoms. The molecule has 0 amide bonds. The maximum absolute atomic E-state index is 13.0. The van der Waals surface area contributed by atoms with Crippen LogP contribution in [-0.2, 0) is 6.54 Å². The monoisotopic (exact) mass is 313 g/mol. The number of nitrogens with two attached hydrogens (primary N) is 1. The van der Waals surface area contributed by atoms with Crippen molar-refractivity contribution in [3.63, 3.8) is 0 Å². The molecule has 0 unspecified atom stereocenters. The van der Waals surface area contributed by atoms with Gasteiger partial charge in [-0.15, -0.1) is 0 Å². The molecule has 0 bridgehead atoms. The smallest absolute Gasteiger partial charge is 0.141 e. The first-order valence-corrected chi connectivity index (χ1v) is 6.01. The zero-order valence-corrected chi connectivity index (χ0v) is 10.9. The fourth-order valence-corrected chi connectivity index (χ4v) is 1.92. The van der Waals surface area contributed by atoms with E-state index in [0.29, 0.717) is 21.5 Å². The molecule has 2 N–H and O–H groups in total. The van der Waals surface area contributed by atoms with E-state index in [1.54, 1.807) is 0 Å². The lowest BCUT2D eigenvalue weighted by Crippen LogP contribution is -2.00. The van der Waals surface area contributed by atoms with E-state index in [1.165, 1.54) is 36.4 Å². The van der Waals surface area contributed by atoms with Crippen LogP contribution in [0.15, 0.2) is 40.9 Å². The fraction of sp³-hybridized carbons (Fsp3) is 0.0769. The molecule has 0 fully saturated rings. The van der Waals surface area contributed by atoms with Gasteiger partial charge in [0.1, 0.15) is 23.1 Å². The van der Waals surface area contributed by atoms with Gasteiger partial charge in [0.25, 0.3) is 0 Å². The van der Waals surface area contributed by atoms with Gasteiger partial charge in [0, 0.05) is 12.1 Å². The van der Waals surface area contributed by atoms with Crippen LogP contribution >= 0.6 is 15.9 Å². The molecule has 2 rings (SSSR count). The van der Waals surface area contributed by atoms with E-state index < -0.39 is 0 Å². The van der Waals surface area contributed by atoms with Gasteiger partial charge >= 0.3 is 0 Å². The molecule has 0 aliphatic rings. The van der Waals surface area contributed by atoms with E-state index in [-0.39, 0.29) is 18.2 Å². The van der Waals surface area contributed by atoms with Crippen molar-refractivity contribution in [3.8, 4) is 11.5 Å².